The smallest absolute Gasteiger partial charge is 0.222 e. The molecule has 162 valence electrons. The van der Waals surface area contributed by atoms with Gasteiger partial charge in [0, 0.05) is 50.5 Å². The van der Waals surface area contributed by atoms with Gasteiger partial charge in [-0.25, -0.2) is 24.0 Å². The summed E-state index contributed by atoms with van der Waals surface area (Å²) in [4.78, 5) is 26.8. The average molecular weight is 425 g/mol. The molecule has 2 unspecified atom stereocenters. The summed E-state index contributed by atoms with van der Waals surface area (Å²) in [6.07, 6.45) is 3.20. The lowest BCUT2D eigenvalue weighted by Gasteiger charge is -2.47. The lowest BCUT2D eigenvalue weighted by molar-refractivity contribution is -0.133. The van der Waals surface area contributed by atoms with Gasteiger partial charge in [0.25, 0.3) is 0 Å². The van der Waals surface area contributed by atoms with Crippen molar-refractivity contribution in [3.8, 4) is 5.82 Å². The first-order valence-corrected chi connectivity index (χ1v) is 10.3. The highest BCUT2D eigenvalue weighted by molar-refractivity contribution is 5.95. The van der Waals surface area contributed by atoms with Crippen LogP contribution in [0.15, 0.2) is 18.3 Å². The van der Waals surface area contributed by atoms with Crippen LogP contribution in [0.3, 0.4) is 0 Å². The zero-order valence-corrected chi connectivity index (χ0v) is 17.9. The van der Waals surface area contributed by atoms with Crippen LogP contribution in [0.25, 0.3) is 16.7 Å². The van der Waals surface area contributed by atoms with Crippen molar-refractivity contribution in [1.82, 2.24) is 24.7 Å². The molecule has 9 nitrogen and oxygen atoms in total. The van der Waals surface area contributed by atoms with Gasteiger partial charge in [-0.2, -0.15) is 0 Å². The van der Waals surface area contributed by atoms with Crippen LogP contribution in [0.4, 0.5) is 16.0 Å². The third kappa shape index (κ3) is 3.60. The number of aromatic nitrogens is 5. The van der Waals surface area contributed by atoms with Crippen LogP contribution in [0.2, 0.25) is 0 Å². The third-order valence-electron chi connectivity index (χ3n) is 5.50. The highest BCUT2D eigenvalue weighted by Gasteiger charge is 2.39. The number of anilines is 2. The molecule has 0 saturated carbocycles. The Balaban J connectivity index is 1.67. The second kappa shape index (κ2) is 6.94. The molecule has 10 heteroatoms. The maximum absolute atomic E-state index is 14.6. The average Bonchev–Trinajstić information content (AvgIpc) is 3.05. The monoisotopic (exact) mass is 425 g/mol. The summed E-state index contributed by atoms with van der Waals surface area (Å²) >= 11 is 0. The van der Waals surface area contributed by atoms with Gasteiger partial charge in [-0.05, 0) is 20.8 Å². The van der Waals surface area contributed by atoms with Crippen molar-refractivity contribution in [3.05, 3.63) is 29.8 Å². The first-order chi connectivity index (χ1) is 14.7. The number of amides is 1. The zero-order valence-electron chi connectivity index (χ0n) is 17.9. The number of hydrogen-bond acceptors (Lipinski definition) is 7. The SMILES string of the molecule is CC(=O)Nc1cc2c(cn1)c(N1CC3CC(C1)O3)nn2-c1cc(C)nc(C(C)(C)F)n1. The highest BCUT2D eigenvalue weighted by atomic mass is 19.1. The predicted molar refractivity (Wildman–Crippen MR) is 113 cm³/mol. The molecule has 6 rings (SSSR count). The van der Waals surface area contributed by atoms with E-state index in [0.717, 1.165) is 36.2 Å². The quantitative estimate of drug-likeness (QED) is 0.686. The third-order valence-corrected chi connectivity index (χ3v) is 5.50. The molecule has 0 aliphatic carbocycles. The number of piperidine rings is 1. The molecule has 3 saturated heterocycles. The summed E-state index contributed by atoms with van der Waals surface area (Å²) in [6, 6.07) is 3.52. The summed E-state index contributed by atoms with van der Waals surface area (Å²) in [6.45, 7) is 7.59. The number of morpholine rings is 1. The van der Waals surface area contributed by atoms with Gasteiger partial charge in [0.2, 0.25) is 5.91 Å². The number of nitrogens with zero attached hydrogens (tertiary/aromatic N) is 6. The minimum Gasteiger partial charge on any atom is -0.371 e. The number of fused-ring (bicyclic) bond motifs is 3. The van der Waals surface area contributed by atoms with Gasteiger partial charge in [0.15, 0.2) is 23.1 Å². The number of alkyl halides is 1. The first-order valence-electron chi connectivity index (χ1n) is 10.3. The number of carbonyl (C=O) groups is 1. The second-order valence-corrected chi connectivity index (χ2v) is 8.69. The van der Waals surface area contributed by atoms with Gasteiger partial charge in [-0.3, -0.25) is 4.79 Å². The van der Waals surface area contributed by atoms with Crippen LogP contribution in [0, 0.1) is 6.92 Å². The fraction of sp³-hybridized carbons (Fsp3) is 0.476. The summed E-state index contributed by atoms with van der Waals surface area (Å²) in [5, 5.41) is 8.38. The molecular formula is C21H24FN7O2. The summed E-state index contributed by atoms with van der Waals surface area (Å²) in [5.74, 6) is 1.52. The molecule has 1 N–H and O–H groups in total. The maximum Gasteiger partial charge on any atom is 0.222 e. The van der Waals surface area contributed by atoms with Crippen molar-refractivity contribution in [2.24, 2.45) is 0 Å². The van der Waals surface area contributed by atoms with E-state index in [1.54, 1.807) is 29.9 Å². The van der Waals surface area contributed by atoms with E-state index in [-0.39, 0.29) is 23.9 Å². The standard InChI is InChI=1S/C21H24FN7O2/c1-11-5-18(26-20(24-11)21(3,4)22)29-16-7-17(25-12(2)30)23-8-15(16)19(27-29)28-9-13-6-14(10-28)31-13/h5,7-8,13-14H,6,9-10H2,1-4H3,(H,23,25,30). The van der Waals surface area contributed by atoms with Gasteiger partial charge in [-0.15, -0.1) is 5.10 Å². The molecule has 2 bridgehead atoms. The van der Waals surface area contributed by atoms with E-state index in [0.29, 0.717) is 17.3 Å². The van der Waals surface area contributed by atoms with Crippen LogP contribution < -0.4 is 10.2 Å². The van der Waals surface area contributed by atoms with E-state index in [2.05, 4.69) is 25.2 Å². The maximum atomic E-state index is 14.6. The van der Waals surface area contributed by atoms with Crippen molar-refractivity contribution < 1.29 is 13.9 Å². The van der Waals surface area contributed by atoms with Crippen LogP contribution in [0.1, 0.15) is 38.7 Å². The van der Waals surface area contributed by atoms with E-state index in [1.807, 2.05) is 0 Å². The minimum absolute atomic E-state index is 0.0939. The van der Waals surface area contributed by atoms with Crippen molar-refractivity contribution in [3.63, 3.8) is 0 Å². The van der Waals surface area contributed by atoms with Crippen LogP contribution >= 0.6 is 0 Å². The largest absolute Gasteiger partial charge is 0.371 e. The molecule has 2 atom stereocenters. The Kier molecular flexibility index (Phi) is 4.44. The molecule has 0 aromatic carbocycles. The topological polar surface area (TPSA) is 98.1 Å². The van der Waals surface area contributed by atoms with Crippen molar-refractivity contribution in [2.45, 2.75) is 52.0 Å². The first kappa shape index (κ1) is 19.8. The Hall–Kier alpha value is -3.14. The number of halogens is 1. The molecule has 3 aromatic rings. The molecule has 0 spiro atoms. The fourth-order valence-corrected chi connectivity index (χ4v) is 4.11. The lowest BCUT2D eigenvalue weighted by atomic mass is 9.99. The molecule has 6 heterocycles. The molecule has 31 heavy (non-hydrogen) atoms. The zero-order chi connectivity index (χ0) is 21.9. The molecule has 0 radical (unpaired) electrons. The number of rotatable bonds is 4. The number of pyridine rings is 1. The number of hydrogen-bond donors (Lipinski definition) is 1. The van der Waals surface area contributed by atoms with Gasteiger partial charge in [0.05, 0.1) is 23.1 Å². The van der Waals surface area contributed by atoms with E-state index in [4.69, 9.17) is 9.84 Å². The molecular weight excluding hydrogens is 401 g/mol. The van der Waals surface area contributed by atoms with Gasteiger partial charge in [0.1, 0.15) is 5.82 Å². The van der Waals surface area contributed by atoms with E-state index in [1.165, 1.54) is 20.8 Å². The predicted octanol–water partition coefficient (Wildman–Crippen LogP) is 2.66. The fourth-order valence-electron chi connectivity index (χ4n) is 4.11. The van der Waals surface area contributed by atoms with Crippen LogP contribution in [-0.4, -0.2) is 55.9 Å². The van der Waals surface area contributed by atoms with Crippen molar-refractivity contribution in [1.29, 1.82) is 0 Å². The van der Waals surface area contributed by atoms with E-state index >= 15 is 0 Å². The molecule has 3 aliphatic rings. The Bertz CT molecular complexity index is 1170. The van der Waals surface area contributed by atoms with Gasteiger partial charge in [-0.1, -0.05) is 0 Å². The molecule has 1 amide bonds. The summed E-state index contributed by atoms with van der Waals surface area (Å²) in [7, 11) is 0. The summed E-state index contributed by atoms with van der Waals surface area (Å²) in [5.41, 5.74) is -0.338. The summed E-state index contributed by atoms with van der Waals surface area (Å²) < 4.78 is 22.1. The normalized spacial score (nSPS) is 20.6. The second-order valence-electron chi connectivity index (χ2n) is 8.69. The Morgan fingerprint density at radius 1 is 1.26 bits per heavy atom. The van der Waals surface area contributed by atoms with Gasteiger partial charge >= 0.3 is 0 Å². The minimum atomic E-state index is -1.69. The van der Waals surface area contributed by atoms with Crippen molar-refractivity contribution >= 4 is 28.4 Å². The molecule has 3 aliphatic heterocycles. The lowest BCUT2D eigenvalue weighted by Crippen LogP contribution is -2.57. The number of carbonyl (C=O) groups excluding carboxylic acids is 1. The number of ether oxygens (including phenoxy) is 1. The van der Waals surface area contributed by atoms with Crippen LogP contribution in [-0.2, 0) is 15.2 Å². The van der Waals surface area contributed by atoms with E-state index < -0.39 is 5.67 Å². The Labute approximate surface area is 178 Å². The molecule has 3 aromatic heterocycles. The van der Waals surface area contributed by atoms with E-state index in [9.17, 15) is 9.18 Å². The highest BCUT2D eigenvalue weighted by Crippen LogP contribution is 2.35. The van der Waals surface area contributed by atoms with Crippen LogP contribution in [0.5, 0.6) is 0 Å². The van der Waals surface area contributed by atoms with Gasteiger partial charge < -0.3 is 15.0 Å². The molecule has 3 fully saturated rings. The Morgan fingerprint density at radius 3 is 2.61 bits per heavy atom. The Morgan fingerprint density at radius 2 is 1.97 bits per heavy atom. The number of aryl methyl sites for hydroxylation is 1. The van der Waals surface area contributed by atoms with Crippen molar-refractivity contribution in [2.75, 3.05) is 23.3 Å². The number of nitrogens with one attached hydrogen (secondary N) is 1.